The summed E-state index contributed by atoms with van der Waals surface area (Å²) < 4.78 is 11.3. The first-order valence-electron chi connectivity index (χ1n) is 5.98. The molecular weight excluding hydrogens is 262 g/mol. The average Bonchev–Trinajstić information content (AvgIpc) is 2.92. The van der Waals surface area contributed by atoms with Gasteiger partial charge in [-0.1, -0.05) is 35.5 Å². The van der Waals surface area contributed by atoms with Crippen LogP contribution in [0.25, 0.3) is 0 Å². The van der Waals surface area contributed by atoms with Crippen LogP contribution in [-0.2, 0) is 16.0 Å². The zero-order chi connectivity index (χ0) is 14.1. The molecule has 0 radical (unpaired) electrons. The van der Waals surface area contributed by atoms with Crippen molar-refractivity contribution in [1.82, 2.24) is 15.0 Å². The van der Waals surface area contributed by atoms with E-state index in [2.05, 4.69) is 15.0 Å². The van der Waals surface area contributed by atoms with Crippen molar-refractivity contribution in [1.29, 1.82) is 0 Å². The number of methoxy groups -OCH3 is 1. The van der Waals surface area contributed by atoms with Crippen LogP contribution < -0.4 is 0 Å². The van der Waals surface area contributed by atoms with Gasteiger partial charge in [-0.3, -0.25) is 0 Å². The Morgan fingerprint density at radius 2 is 2.15 bits per heavy atom. The molecule has 1 unspecified atom stereocenters. The molecule has 2 heterocycles. The Bertz CT molecular complexity index is 666. The van der Waals surface area contributed by atoms with Gasteiger partial charge in [-0.25, -0.2) is 14.3 Å². The van der Waals surface area contributed by atoms with Gasteiger partial charge in [0, 0.05) is 0 Å². The van der Waals surface area contributed by atoms with Gasteiger partial charge < -0.3 is 9.47 Å². The molecule has 2 aromatic rings. The number of rotatable bonds is 2. The van der Waals surface area contributed by atoms with Crippen molar-refractivity contribution >= 4 is 11.9 Å². The quantitative estimate of drug-likeness (QED) is 0.758. The Balaban J connectivity index is 1.95. The van der Waals surface area contributed by atoms with E-state index in [0.717, 1.165) is 5.56 Å². The van der Waals surface area contributed by atoms with E-state index in [-0.39, 0.29) is 11.4 Å². The number of cyclic esters (lactones) is 1. The van der Waals surface area contributed by atoms with Crippen LogP contribution in [0.3, 0.4) is 0 Å². The third kappa shape index (κ3) is 1.93. The lowest BCUT2D eigenvalue weighted by atomic mass is 10.1. The number of hydrogen-bond acceptors (Lipinski definition) is 6. The minimum absolute atomic E-state index is 0.0315. The second-order valence-electron chi connectivity index (χ2n) is 4.26. The number of hydrogen-bond donors (Lipinski definition) is 0. The van der Waals surface area contributed by atoms with Crippen molar-refractivity contribution in [2.24, 2.45) is 0 Å². The van der Waals surface area contributed by atoms with E-state index in [9.17, 15) is 9.59 Å². The van der Waals surface area contributed by atoms with Crippen LogP contribution in [0.1, 0.15) is 32.6 Å². The number of esters is 2. The molecule has 0 amide bonds. The second kappa shape index (κ2) is 4.76. The Hall–Kier alpha value is -2.70. The lowest BCUT2D eigenvalue weighted by molar-refractivity contribution is 0.0131. The summed E-state index contributed by atoms with van der Waals surface area (Å²) in [6.45, 7) is 0.315. The smallest absolute Gasteiger partial charge is 0.361 e. The van der Waals surface area contributed by atoms with E-state index < -0.39 is 18.0 Å². The SMILES string of the molecule is COC(=O)c1nnn2c1C(=O)OC(c1ccccc1)C2. The molecule has 20 heavy (non-hydrogen) atoms. The monoisotopic (exact) mass is 273 g/mol. The first-order chi connectivity index (χ1) is 9.70. The van der Waals surface area contributed by atoms with Crippen LogP contribution in [0.15, 0.2) is 30.3 Å². The topological polar surface area (TPSA) is 83.3 Å². The first-order valence-corrected chi connectivity index (χ1v) is 5.98. The Labute approximate surface area is 114 Å². The molecule has 0 saturated carbocycles. The van der Waals surface area contributed by atoms with Crippen molar-refractivity contribution < 1.29 is 19.1 Å². The third-order valence-corrected chi connectivity index (χ3v) is 3.07. The highest BCUT2D eigenvalue weighted by Gasteiger charge is 2.34. The van der Waals surface area contributed by atoms with E-state index in [0.29, 0.717) is 6.54 Å². The third-order valence-electron chi connectivity index (χ3n) is 3.07. The number of nitrogens with zero attached hydrogens (tertiary/aromatic N) is 3. The van der Waals surface area contributed by atoms with Crippen molar-refractivity contribution in [3.8, 4) is 0 Å². The molecule has 1 aromatic heterocycles. The molecule has 0 fully saturated rings. The Kier molecular flexibility index (Phi) is 2.94. The fraction of sp³-hybridized carbons (Fsp3) is 0.231. The van der Waals surface area contributed by atoms with Gasteiger partial charge in [-0.2, -0.15) is 0 Å². The maximum Gasteiger partial charge on any atom is 0.361 e. The lowest BCUT2D eigenvalue weighted by Gasteiger charge is -2.23. The van der Waals surface area contributed by atoms with Crippen LogP contribution >= 0.6 is 0 Å². The molecule has 7 nitrogen and oxygen atoms in total. The summed E-state index contributed by atoms with van der Waals surface area (Å²) in [7, 11) is 1.22. The molecule has 0 N–H and O–H groups in total. The Morgan fingerprint density at radius 1 is 1.40 bits per heavy atom. The molecule has 0 bridgehead atoms. The van der Waals surface area contributed by atoms with Crippen LogP contribution in [0.5, 0.6) is 0 Å². The van der Waals surface area contributed by atoms with E-state index in [1.807, 2.05) is 30.3 Å². The molecule has 1 aliphatic heterocycles. The molecule has 0 spiro atoms. The number of fused-ring (bicyclic) bond motifs is 1. The summed E-state index contributed by atoms with van der Waals surface area (Å²) in [5.41, 5.74) is 0.773. The molecule has 1 atom stereocenters. The highest BCUT2D eigenvalue weighted by molar-refractivity contribution is 6.00. The summed E-state index contributed by atoms with van der Waals surface area (Å²) in [4.78, 5) is 23.5. The summed E-state index contributed by atoms with van der Waals surface area (Å²) >= 11 is 0. The van der Waals surface area contributed by atoms with Gasteiger partial charge in [0.2, 0.25) is 5.69 Å². The molecule has 102 valence electrons. The predicted molar refractivity (Wildman–Crippen MR) is 66.0 cm³/mol. The van der Waals surface area contributed by atoms with E-state index in [4.69, 9.17) is 4.74 Å². The maximum atomic E-state index is 12.0. The average molecular weight is 273 g/mol. The van der Waals surface area contributed by atoms with Gasteiger partial charge in [0.25, 0.3) is 0 Å². The van der Waals surface area contributed by atoms with Gasteiger partial charge in [0.05, 0.1) is 13.7 Å². The van der Waals surface area contributed by atoms with Crippen LogP contribution in [-0.4, -0.2) is 34.0 Å². The number of carbonyl (C=O) groups excluding carboxylic acids is 2. The molecule has 1 aromatic carbocycles. The van der Waals surface area contributed by atoms with E-state index in [1.54, 1.807) is 0 Å². The number of benzene rings is 1. The van der Waals surface area contributed by atoms with Gasteiger partial charge >= 0.3 is 11.9 Å². The minimum Gasteiger partial charge on any atom is -0.464 e. The summed E-state index contributed by atoms with van der Waals surface area (Å²) in [6, 6.07) is 9.33. The molecule has 7 heteroatoms. The van der Waals surface area contributed by atoms with E-state index in [1.165, 1.54) is 11.8 Å². The molecular formula is C13H11N3O4. The number of aromatic nitrogens is 3. The largest absolute Gasteiger partial charge is 0.464 e. The van der Waals surface area contributed by atoms with E-state index >= 15 is 0 Å². The summed E-state index contributed by atoms with van der Waals surface area (Å²) in [5, 5.41) is 7.50. The van der Waals surface area contributed by atoms with Gasteiger partial charge in [0.15, 0.2) is 5.69 Å². The zero-order valence-corrected chi connectivity index (χ0v) is 10.6. The lowest BCUT2D eigenvalue weighted by Crippen LogP contribution is -2.28. The maximum absolute atomic E-state index is 12.0. The molecule has 3 rings (SSSR count). The number of ether oxygens (including phenoxy) is 2. The highest BCUT2D eigenvalue weighted by atomic mass is 16.5. The highest BCUT2D eigenvalue weighted by Crippen LogP contribution is 2.26. The van der Waals surface area contributed by atoms with Crippen molar-refractivity contribution in [2.45, 2.75) is 12.6 Å². The fourth-order valence-electron chi connectivity index (χ4n) is 2.10. The second-order valence-corrected chi connectivity index (χ2v) is 4.26. The Morgan fingerprint density at radius 3 is 2.85 bits per heavy atom. The zero-order valence-electron chi connectivity index (χ0n) is 10.6. The predicted octanol–water partition coefficient (Wildman–Crippen LogP) is 0.976. The summed E-state index contributed by atoms with van der Waals surface area (Å²) in [5.74, 6) is -1.34. The standard InChI is InChI=1S/C13H11N3O4/c1-19-12(17)10-11-13(18)20-9(7-16(11)15-14-10)8-5-3-2-4-6-8/h2-6,9H,7H2,1H3. The van der Waals surface area contributed by atoms with Crippen LogP contribution in [0.2, 0.25) is 0 Å². The fourth-order valence-corrected chi connectivity index (χ4v) is 2.10. The molecule has 1 aliphatic rings. The molecule has 0 aliphatic carbocycles. The van der Waals surface area contributed by atoms with Gasteiger partial charge in [-0.15, -0.1) is 5.10 Å². The van der Waals surface area contributed by atoms with Crippen molar-refractivity contribution in [3.05, 3.63) is 47.3 Å². The van der Waals surface area contributed by atoms with Crippen LogP contribution in [0, 0.1) is 0 Å². The van der Waals surface area contributed by atoms with Gasteiger partial charge in [0.1, 0.15) is 6.10 Å². The van der Waals surface area contributed by atoms with Crippen molar-refractivity contribution in [2.75, 3.05) is 7.11 Å². The first kappa shape index (κ1) is 12.3. The minimum atomic E-state index is -0.707. The van der Waals surface area contributed by atoms with Gasteiger partial charge in [-0.05, 0) is 5.56 Å². The van der Waals surface area contributed by atoms with Crippen LogP contribution in [0.4, 0.5) is 0 Å². The normalized spacial score (nSPS) is 17.2. The number of carbonyl (C=O) groups is 2. The molecule has 0 saturated heterocycles. The van der Waals surface area contributed by atoms with Crippen molar-refractivity contribution in [3.63, 3.8) is 0 Å². The summed E-state index contributed by atoms with van der Waals surface area (Å²) in [6.07, 6.45) is -0.441.